The third-order valence-electron chi connectivity index (χ3n) is 3.78. The normalized spacial score (nSPS) is 22.4. The topological polar surface area (TPSA) is 43.8 Å². The van der Waals surface area contributed by atoms with Gasteiger partial charge < -0.3 is 5.73 Å². The first-order valence-corrected chi connectivity index (χ1v) is 6.53. The van der Waals surface area contributed by atoms with Crippen LogP contribution in [0, 0.1) is 5.92 Å². The van der Waals surface area contributed by atoms with E-state index in [1.165, 1.54) is 31.4 Å². The van der Waals surface area contributed by atoms with E-state index in [9.17, 15) is 0 Å². The van der Waals surface area contributed by atoms with E-state index in [2.05, 4.69) is 9.78 Å². The Bertz CT molecular complexity index is 391. The van der Waals surface area contributed by atoms with Gasteiger partial charge in [0.15, 0.2) is 0 Å². The van der Waals surface area contributed by atoms with E-state index >= 15 is 0 Å². The Morgan fingerprint density at radius 1 is 1.50 bits per heavy atom. The Kier molecular flexibility index (Phi) is 2.48. The minimum Gasteiger partial charge on any atom is -0.325 e. The zero-order valence-corrected chi connectivity index (χ0v) is 10.2. The molecule has 1 aromatic rings. The molecule has 0 aromatic carbocycles. The number of rotatable bonds is 5. The lowest BCUT2D eigenvalue weighted by Gasteiger charge is -2.10. The van der Waals surface area contributed by atoms with Crippen LogP contribution in [-0.2, 0) is 13.0 Å². The molecule has 0 unspecified atom stereocenters. The zero-order valence-electron chi connectivity index (χ0n) is 9.45. The van der Waals surface area contributed by atoms with Crippen molar-refractivity contribution in [2.45, 2.75) is 50.6 Å². The second-order valence-electron chi connectivity index (χ2n) is 5.43. The van der Waals surface area contributed by atoms with Crippen LogP contribution in [0.5, 0.6) is 0 Å². The van der Waals surface area contributed by atoms with Gasteiger partial charge in [0.2, 0.25) is 0 Å². The molecule has 2 N–H and O–H groups in total. The summed E-state index contributed by atoms with van der Waals surface area (Å²) in [5, 5.41) is 5.17. The molecule has 0 bridgehead atoms. The molecule has 16 heavy (non-hydrogen) atoms. The summed E-state index contributed by atoms with van der Waals surface area (Å²) in [6.45, 7) is 1.04. The maximum absolute atomic E-state index is 6.17. The van der Waals surface area contributed by atoms with Gasteiger partial charge in [-0.1, -0.05) is 11.6 Å². The Morgan fingerprint density at radius 2 is 2.25 bits per heavy atom. The van der Waals surface area contributed by atoms with Crippen molar-refractivity contribution in [1.29, 1.82) is 0 Å². The summed E-state index contributed by atoms with van der Waals surface area (Å²) in [5.41, 5.74) is 7.40. The molecule has 3 rings (SSSR count). The summed E-state index contributed by atoms with van der Waals surface area (Å²) in [7, 11) is 0. The van der Waals surface area contributed by atoms with Crippen molar-refractivity contribution in [1.82, 2.24) is 9.78 Å². The molecular formula is C12H18ClN3. The Balaban J connectivity index is 1.67. The number of nitrogens with two attached hydrogens (primary N) is 1. The van der Waals surface area contributed by atoms with E-state index < -0.39 is 0 Å². The molecule has 2 aliphatic rings. The highest BCUT2D eigenvalue weighted by molar-refractivity contribution is 6.31. The van der Waals surface area contributed by atoms with Crippen LogP contribution in [0.15, 0.2) is 6.20 Å². The molecule has 88 valence electrons. The largest absolute Gasteiger partial charge is 0.325 e. The Hall–Kier alpha value is -0.540. The zero-order chi connectivity index (χ0) is 11.2. The van der Waals surface area contributed by atoms with Gasteiger partial charge in [0.05, 0.1) is 16.9 Å². The molecule has 2 aliphatic carbocycles. The van der Waals surface area contributed by atoms with Gasteiger partial charge in [-0.3, -0.25) is 4.68 Å². The Labute approximate surface area is 101 Å². The lowest BCUT2D eigenvalue weighted by atomic mass is 10.1. The second kappa shape index (κ2) is 3.74. The fourth-order valence-electron chi connectivity index (χ4n) is 2.12. The second-order valence-corrected chi connectivity index (χ2v) is 5.83. The smallest absolute Gasteiger partial charge is 0.0817 e. The minimum absolute atomic E-state index is 0.109. The van der Waals surface area contributed by atoms with Crippen LogP contribution >= 0.6 is 11.6 Å². The van der Waals surface area contributed by atoms with Crippen LogP contribution in [0.3, 0.4) is 0 Å². The molecule has 0 saturated heterocycles. The number of nitrogens with zero attached hydrogens (tertiary/aromatic N) is 2. The summed E-state index contributed by atoms with van der Waals surface area (Å²) >= 11 is 6.17. The summed E-state index contributed by atoms with van der Waals surface area (Å²) in [4.78, 5) is 0. The van der Waals surface area contributed by atoms with Crippen molar-refractivity contribution in [2.24, 2.45) is 11.7 Å². The van der Waals surface area contributed by atoms with Gasteiger partial charge in [-0.2, -0.15) is 5.10 Å². The van der Waals surface area contributed by atoms with Gasteiger partial charge in [-0.05, 0) is 44.4 Å². The number of aromatic nitrogens is 2. The first-order chi connectivity index (χ1) is 7.66. The van der Waals surface area contributed by atoms with Gasteiger partial charge in [-0.25, -0.2) is 0 Å². The van der Waals surface area contributed by atoms with Crippen molar-refractivity contribution in [2.75, 3.05) is 0 Å². The number of hydrogen-bond acceptors (Lipinski definition) is 2. The van der Waals surface area contributed by atoms with Crippen LogP contribution in [-0.4, -0.2) is 15.3 Å². The van der Waals surface area contributed by atoms with E-state index in [4.69, 9.17) is 17.3 Å². The van der Waals surface area contributed by atoms with Crippen molar-refractivity contribution in [3.05, 3.63) is 16.9 Å². The van der Waals surface area contributed by atoms with Crippen LogP contribution in [0.25, 0.3) is 0 Å². The third kappa shape index (κ3) is 2.25. The average molecular weight is 240 g/mol. The molecule has 0 radical (unpaired) electrons. The third-order valence-corrected chi connectivity index (χ3v) is 4.09. The lowest BCUT2D eigenvalue weighted by molar-refractivity contribution is 0.518. The summed E-state index contributed by atoms with van der Waals surface area (Å²) in [6, 6.07) is 0. The van der Waals surface area contributed by atoms with E-state index in [1.807, 2.05) is 0 Å². The molecule has 0 aliphatic heterocycles. The van der Waals surface area contributed by atoms with E-state index in [0.717, 1.165) is 30.3 Å². The van der Waals surface area contributed by atoms with Crippen LogP contribution in [0.2, 0.25) is 5.02 Å². The van der Waals surface area contributed by atoms with Gasteiger partial charge in [0.25, 0.3) is 0 Å². The van der Waals surface area contributed by atoms with E-state index in [1.54, 1.807) is 6.20 Å². The van der Waals surface area contributed by atoms with E-state index in [-0.39, 0.29) is 5.54 Å². The van der Waals surface area contributed by atoms with Crippen LogP contribution in [0.4, 0.5) is 0 Å². The number of halogens is 1. The Morgan fingerprint density at radius 3 is 2.88 bits per heavy atom. The average Bonchev–Trinajstić information content (AvgIpc) is 3.13. The van der Waals surface area contributed by atoms with Crippen molar-refractivity contribution >= 4 is 11.6 Å². The molecule has 0 spiro atoms. The van der Waals surface area contributed by atoms with Crippen molar-refractivity contribution < 1.29 is 0 Å². The summed E-state index contributed by atoms with van der Waals surface area (Å²) in [6.07, 6.45) is 8.82. The van der Waals surface area contributed by atoms with Gasteiger partial charge >= 0.3 is 0 Å². The highest BCUT2D eigenvalue weighted by atomic mass is 35.5. The highest BCUT2D eigenvalue weighted by Gasteiger charge is 2.37. The highest BCUT2D eigenvalue weighted by Crippen LogP contribution is 2.37. The summed E-state index contributed by atoms with van der Waals surface area (Å²) < 4.78 is 2.09. The monoisotopic (exact) mass is 239 g/mol. The van der Waals surface area contributed by atoms with Crippen molar-refractivity contribution in [3.63, 3.8) is 0 Å². The minimum atomic E-state index is 0.109. The number of hydrogen-bond donors (Lipinski definition) is 1. The van der Waals surface area contributed by atoms with E-state index in [0.29, 0.717) is 0 Å². The van der Waals surface area contributed by atoms with Gasteiger partial charge in [0.1, 0.15) is 0 Å². The van der Waals surface area contributed by atoms with Crippen LogP contribution in [0.1, 0.15) is 37.8 Å². The maximum atomic E-state index is 6.17. The predicted molar refractivity (Wildman–Crippen MR) is 64.4 cm³/mol. The molecule has 2 saturated carbocycles. The first-order valence-electron chi connectivity index (χ1n) is 6.15. The van der Waals surface area contributed by atoms with Crippen LogP contribution < -0.4 is 5.73 Å². The quantitative estimate of drug-likeness (QED) is 0.858. The molecule has 1 aromatic heterocycles. The van der Waals surface area contributed by atoms with Gasteiger partial charge in [0, 0.05) is 12.1 Å². The standard InChI is InChI=1S/C12H18ClN3/c13-10-7-15-16(8-9-1-2-9)11(10)3-4-12(14)5-6-12/h7,9H,1-6,8,14H2. The molecule has 0 atom stereocenters. The first kappa shape index (κ1) is 10.6. The molecule has 0 amide bonds. The summed E-state index contributed by atoms with van der Waals surface area (Å²) in [5.74, 6) is 0.836. The van der Waals surface area contributed by atoms with Crippen molar-refractivity contribution in [3.8, 4) is 0 Å². The lowest BCUT2D eigenvalue weighted by Crippen LogP contribution is -2.23. The predicted octanol–water partition coefficient (Wildman–Crippen LogP) is 2.37. The SMILES string of the molecule is NC1(CCc2c(Cl)cnn2CC2CC2)CC1. The maximum Gasteiger partial charge on any atom is 0.0817 e. The fraction of sp³-hybridized carbons (Fsp3) is 0.750. The fourth-order valence-corrected chi connectivity index (χ4v) is 2.35. The molecule has 3 nitrogen and oxygen atoms in total. The molecule has 4 heteroatoms. The molecule has 1 heterocycles. The van der Waals surface area contributed by atoms with Gasteiger partial charge in [-0.15, -0.1) is 0 Å². The molecular weight excluding hydrogens is 222 g/mol. The molecule has 2 fully saturated rings.